The number of fused-ring (bicyclic) bond motifs is 1. The number of carbonyl (C=O) groups is 1. The highest BCUT2D eigenvalue weighted by Gasteiger charge is 2.28. The molecule has 0 unspecified atom stereocenters. The quantitative estimate of drug-likeness (QED) is 0.706. The molecule has 5 nitrogen and oxygen atoms in total. The van der Waals surface area contributed by atoms with Crippen molar-refractivity contribution in [3.8, 4) is 0 Å². The van der Waals surface area contributed by atoms with E-state index in [1.165, 1.54) is 18.2 Å². The lowest BCUT2D eigenvalue weighted by Gasteiger charge is -2.11. The standard InChI is InChI=1S/C19H18ClFN4O/c1-10(2)25-18-14(9-22-25)13(8-17(23-18)11-3-4-11)19(26)24-16-6-5-12(21)7-15(16)20/h5-11H,3-4H2,1-2H3,(H,24,26). The van der Waals surface area contributed by atoms with Gasteiger partial charge in [-0.25, -0.2) is 14.1 Å². The second-order valence-electron chi connectivity index (χ2n) is 6.87. The topological polar surface area (TPSA) is 59.8 Å². The van der Waals surface area contributed by atoms with E-state index in [0.29, 0.717) is 28.2 Å². The number of hydrogen-bond donors (Lipinski definition) is 1. The van der Waals surface area contributed by atoms with Gasteiger partial charge in [-0.05, 0) is 51.0 Å². The number of carbonyl (C=O) groups excluding carboxylic acids is 1. The Morgan fingerprint density at radius 1 is 1.35 bits per heavy atom. The minimum Gasteiger partial charge on any atom is -0.321 e. The van der Waals surface area contributed by atoms with Crippen molar-refractivity contribution in [2.75, 3.05) is 5.32 Å². The lowest BCUT2D eigenvalue weighted by Crippen LogP contribution is -2.14. The van der Waals surface area contributed by atoms with Crippen molar-refractivity contribution in [2.45, 2.75) is 38.6 Å². The third-order valence-corrected chi connectivity index (χ3v) is 4.81. The Morgan fingerprint density at radius 2 is 2.12 bits per heavy atom. The van der Waals surface area contributed by atoms with Gasteiger partial charge in [0.25, 0.3) is 5.91 Å². The minimum absolute atomic E-state index is 0.136. The van der Waals surface area contributed by atoms with Crippen LogP contribution in [0.15, 0.2) is 30.5 Å². The van der Waals surface area contributed by atoms with Crippen molar-refractivity contribution >= 4 is 34.2 Å². The van der Waals surface area contributed by atoms with E-state index in [9.17, 15) is 9.18 Å². The van der Waals surface area contributed by atoms with Gasteiger partial charge in [-0.2, -0.15) is 5.10 Å². The summed E-state index contributed by atoms with van der Waals surface area (Å²) in [5, 5.41) is 8.01. The first kappa shape index (κ1) is 17.0. The maximum atomic E-state index is 13.2. The normalized spacial score (nSPS) is 14.2. The monoisotopic (exact) mass is 372 g/mol. The SMILES string of the molecule is CC(C)n1ncc2c(C(=O)Nc3ccc(F)cc3Cl)cc(C3CC3)nc21. The molecule has 3 aromatic rings. The maximum Gasteiger partial charge on any atom is 0.256 e. The first-order valence-electron chi connectivity index (χ1n) is 8.58. The fraction of sp³-hybridized carbons (Fsp3) is 0.316. The molecule has 2 aromatic heterocycles. The van der Waals surface area contributed by atoms with E-state index in [1.807, 2.05) is 24.6 Å². The number of hydrogen-bond acceptors (Lipinski definition) is 3. The summed E-state index contributed by atoms with van der Waals surface area (Å²) in [5.41, 5.74) is 2.49. The molecule has 26 heavy (non-hydrogen) atoms. The number of aromatic nitrogens is 3. The highest BCUT2D eigenvalue weighted by Crippen LogP contribution is 2.40. The Morgan fingerprint density at radius 3 is 2.77 bits per heavy atom. The van der Waals surface area contributed by atoms with Gasteiger partial charge in [0.05, 0.1) is 27.9 Å². The summed E-state index contributed by atoms with van der Waals surface area (Å²) in [5.74, 6) is -0.361. The number of pyridine rings is 1. The van der Waals surface area contributed by atoms with Crippen LogP contribution in [-0.4, -0.2) is 20.7 Å². The molecule has 1 aliphatic rings. The van der Waals surface area contributed by atoms with E-state index in [2.05, 4.69) is 10.4 Å². The molecular weight excluding hydrogens is 355 g/mol. The summed E-state index contributed by atoms with van der Waals surface area (Å²) in [6.45, 7) is 4.05. The molecule has 0 bridgehead atoms. The van der Waals surface area contributed by atoms with Gasteiger partial charge in [-0.3, -0.25) is 4.79 Å². The van der Waals surface area contributed by atoms with Crippen LogP contribution in [0.2, 0.25) is 5.02 Å². The van der Waals surface area contributed by atoms with E-state index < -0.39 is 5.82 Å². The zero-order chi connectivity index (χ0) is 18.4. The van der Waals surface area contributed by atoms with Crippen molar-refractivity contribution in [1.29, 1.82) is 0 Å². The van der Waals surface area contributed by atoms with Gasteiger partial charge >= 0.3 is 0 Å². The first-order chi connectivity index (χ1) is 12.4. The van der Waals surface area contributed by atoms with Crippen molar-refractivity contribution in [3.05, 3.63) is 52.6 Å². The highest BCUT2D eigenvalue weighted by molar-refractivity contribution is 6.34. The van der Waals surface area contributed by atoms with E-state index in [1.54, 1.807) is 6.20 Å². The van der Waals surface area contributed by atoms with Gasteiger partial charge in [0.2, 0.25) is 0 Å². The lowest BCUT2D eigenvalue weighted by molar-refractivity contribution is 0.102. The average molecular weight is 373 g/mol. The van der Waals surface area contributed by atoms with Crippen LogP contribution in [0.3, 0.4) is 0 Å². The van der Waals surface area contributed by atoms with Crippen molar-refractivity contribution in [2.24, 2.45) is 0 Å². The highest BCUT2D eigenvalue weighted by atomic mass is 35.5. The smallest absolute Gasteiger partial charge is 0.256 e. The molecule has 134 valence electrons. The fourth-order valence-electron chi connectivity index (χ4n) is 2.97. The van der Waals surface area contributed by atoms with Crippen LogP contribution in [0.1, 0.15) is 54.7 Å². The van der Waals surface area contributed by atoms with E-state index >= 15 is 0 Å². The molecule has 1 N–H and O–H groups in total. The molecular formula is C19H18ClFN4O. The maximum absolute atomic E-state index is 13.2. The van der Waals surface area contributed by atoms with Gasteiger partial charge in [0.15, 0.2) is 5.65 Å². The second-order valence-corrected chi connectivity index (χ2v) is 7.27. The number of halogens is 2. The molecule has 0 radical (unpaired) electrons. The summed E-state index contributed by atoms with van der Waals surface area (Å²) in [4.78, 5) is 17.7. The third-order valence-electron chi connectivity index (χ3n) is 4.50. The molecule has 0 aliphatic heterocycles. The van der Waals surface area contributed by atoms with Crippen LogP contribution >= 0.6 is 11.6 Å². The summed E-state index contributed by atoms with van der Waals surface area (Å²) in [6.07, 6.45) is 3.83. The van der Waals surface area contributed by atoms with Crippen LogP contribution in [0.25, 0.3) is 11.0 Å². The molecule has 7 heteroatoms. The molecule has 0 saturated heterocycles. The number of amides is 1. The predicted octanol–water partition coefficient (Wildman–Crippen LogP) is 4.93. The number of nitrogens with zero attached hydrogens (tertiary/aromatic N) is 3. The number of benzene rings is 1. The predicted molar refractivity (Wildman–Crippen MR) is 99.3 cm³/mol. The van der Waals surface area contributed by atoms with Gasteiger partial charge in [-0.15, -0.1) is 0 Å². The average Bonchev–Trinajstić information content (AvgIpc) is 3.35. The molecule has 1 fully saturated rings. The second kappa shape index (κ2) is 6.36. The molecule has 1 saturated carbocycles. The van der Waals surface area contributed by atoms with E-state index in [-0.39, 0.29) is 17.0 Å². The molecule has 1 aromatic carbocycles. The van der Waals surface area contributed by atoms with Gasteiger partial charge in [0.1, 0.15) is 5.82 Å². The molecule has 4 rings (SSSR count). The Kier molecular flexibility index (Phi) is 4.15. The Hall–Kier alpha value is -2.47. The first-order valence-corrected chi connectivity index (χ1v) is 8.96. The Labute approximate surface area is 155 Å². The van der Waals surface area contributed by atoms with Crippen LogP contribution in [-0.2, 0) is 0 Å². The summed E-state index contributed by atoms with van der Waals surface area (Å²) < 4.78 is 15.0. The largest absolute Gasteiger partial charge is 0.321 e. The third kappa shape index (κ3) is 3.05. The minimum atomic E-state index is -0.450. The number of anilines is 1. The van der Waals surface area contributed by atoms with Crippen LogP contribution in [0.5, 0.6) is 0 Å². The number of rotatable bonds is 4. The summed E-state index contributed by atoms with van der Waals surface area (Å²) >= 11 is 6.03. The van der Waals surface area contributed by atoms with Gasteiger partial charge in [0, 0.05) is 17.7 Å². The van der Waals surface area contributed by atoms with Crippen molar-refractivity contribution in [3.63, 3.8) is 0 Å². The van der Waals surface area contributed by atoms with Crippen LogP contribution in [0, 0.1) is 5.82 Å². The fourth-order valence-corrected chi connectivity index (χ4v) is 3.19. The number of nitrogens with one attached hydrogen (secondary N) is 1. The molecule has 2 heterocycles. The van der Waals surface area contributed by atoms with Gasteiger partial charge < -0.3 is 5.32 Å². The summed E-state index contributed by atoms with van der Waals surface area (Å²) in [6, 6.07) is 5.85. The van der Waals surface area contributed by atoms with Crippen molar-refractivity contribution < 1.29 is 9.18 Å². The Balaban J connectivity index is 1.78. The molecule has 0 atom stereocenters. The van der Waals surface area contributed by atoms with Gasteiger partial charge in [-0.1, -0.05) is 11.6 Å². The van der Waals surface area contributed by atoms with E-state index in [4.69, 9.17) is 16.6 Å². The zero-order valence-corrected chi connectivity index (χ0v) is 15.2. The zero-order valence-electron chi connectivity index (χ0n) is 14.5. The summed E-state index contributed by atoms with van der Waals surface area (Å²) in [7, 11) is 0. The van der Waals surface area contributed by atoms with Crippen molar-refractivity contribution in [1.82, 2.24) is 14.8 Å². The van der Waals surface area contributed by atoms with Crippen LogP contribution < -0.4 is 5.32 Å². The van der Waals surface area contributed by atoms with Crippen LogP contribution in [0.4, 0.5) is 10.1 Å². The van der Waals surface area contributed by atoms with E-state index in [0.717, 1.165) is 18.5 Å². The Bertz CT molecular complexity index is 1010. The molecule has 0 spiro atoms. The lowest BCUT2D eigenvalue weighted by atomic mass is 10.1. The molecule has 1 aliphatic carbocycles. The molecule has 1 amide bonds.